The molecule has 0 bridgehead atoms. The molecule has 5 nitrogen and oxygen atoms in total. The van der Waals surface area contributed by atoms with Crippen LogP contribution in [0.3, 0.4) is 0 Å². The third-order valence-electron chi connectivity index (χ3n) is 2.43. The average molecular weight is 288 g/mol. The molecule has 0 aliphatic carbocycles. The lowest BCUT2D eigenvalue weighted by molar-refractivity contribution is 0.628. The van der Waals surface area contributed by atoms with Gasteiger partial charge in [0.05, 0.1) is 0 Å². The Morgan fingerprint density at radius 1 is 1.40 bits per heavy atom. The van der Waals surface area contributed by atoms with E-state index in [0.29, 0.717) is 5.56 Å². The number of hydrogen-bond acceptors (Lipinski definition) is 5. The fourth-order valence-electron chi connectivity index (χ4n) is 1.53. The molecular weight excluding hydrogens is 281 g/mol. The Kier molecular flexibility index (Phi) is 3.76. The van der Waals surface area contributed by atoms with Crippen molar-refractivity contribution in [2.45, 2.75) is 0 Å². The van der Waals surface area contributed by atoms with Gasteiger partial charge < -0.3 is 5.73 Å². The van der Waals surface area contributed by atoms with Gasteiger partial charge in [-0.25, -0.2) is 14.4 Å². The summed E-state index contributed by atoms with van der Waals surface area (Å²) >= 11 is 5.92. The van der Waals surface area contributed by atoms with E-state index in [1.807, 2.05) is 5.87 Å². The van der Waals surface area contributed by atoms with Gasteiger partial charge in [-0.05, 0) is 18.0 Å². The van der Waals surface area contributed by atoms with E-state index >= 15 is 0 Å². The van der Waals surface area contributed by atoms with Gasteiger partial charge in [0.15, 0.2) is 5.82 Å². The molecule has 1 aromatic heterocycles. The molecule has 0 atom stereocenters. The van der Waals surface area contributed by atoms with Crippen molar-refractivity contribution < 1.29 is 4.39 Å². The molecule has 3 N–H and O–H groups in total. The third kappa shape index (κ3) is 2.50. The second-order valence-corrected chi connectivity index (χ2v) is 4.10. The summed E-state index contributed by atoms with van der Waals surface area (Å²) in [4.78, 5) is 8.01. The van der Waals surface area contributed by atoms with Crippen LogP contribution >= 0.6 is 11.6 Å². The molecule has 7 heteroatoms. The predicted octanol–water partition coefficient (Wildman–Crippen LogP) is 2.67. The summed E-state index contributed by atoms with van der Waals surface area (Å²) in [6, 6.07) is 7.34. The van der Waals surface area contributed by atoms with Crippen LogP contribution in [0.1, 0.15) is 5.69 Å². The molecule has 20 heavy (non-hydrogen) atoms. The molecule has 0 aliphatic rings. The van der Waals surface area contributed by atoms with E-state index in [-0.39, 0.29) is 27.9 Å². The summed E-state index contributed by atoms with van der Waals surface area (Å²) in [6.45, 7) is 0. The van der Waals surface area contributed by atoms with Gasteiger partial charge in [0.25, 0.3) is 0 Å². The van der Waals surface area contributed by atoms with Crippen LogP contribution in [0.4, 0.5) is 10.2 Å². The summed E-state index contributed by atoms with van der Waals surface area (Å²) in [5.41, 5.74) is 5.86. The van der Waals surface area contributed by atoms with Crippen molar-refractivity contribution in [1.29, 1.82) is 10.7 Å². The van der Waals surface area contributed by atoms with Gasteiger partial charge in [-0.2, -0.15) is 5.26 Å². The van der Waals surface area contributed by atoms with E-state index in [2.05, 4.69) is 9.97 Å². The molecule has 0 spiro atoms. The number of hydrogen-bond donors (Lipinski definition) is 2. The van der Waals surface area contributed by atoms with Gasteiger partial charge in [0, 0.05) is 5.56 Å². The maximum atomic E-state index is 13.2. The van der Waals surface area contributed by atoms with Gasteiger partial charge in [-0.3, -0.25) is 5.41 Å². The third-order valence-corrected chi connectivity index (χ3v) is 2.81. The van der Waals surface area contributed by atoms with Gasteiger partial charge in [-0.15, -0.1) is 0 Å². The summed E-state index contributed by atoms with van der Waals surface area (Å²) in [5, 5.41) is 15.9. The number of nitrogens with zero attached hydrogens (tertiary/aromatic N) is 3. The number of nitrogens with one attached hydrogen (secondary N) is 1. The molecule has 0 aliphatic heterocycles. The van der Waals surface area contributed by atoms with Crippen molar-refractivity contribution in [3.8, 4) is 17.5 Å². The normalized spacial score (nSPS) is 9.65. The van der Waals surface area contributed by atoms with E-state index in [1.54, 1.807) is 12.1 Å². The largest absolute Gasteiger partial charge is 0.382 e. The Morgan fingerprint density at radius 2 is 2.15 bits per heavy atom. The zero-order chi connectivity index (χ0) is 14.7. The van der Waals surface area contributed by atoms with Crippen LogP contribution < -0.4 is 5.73 Å². The number of aromatic nitrogens is 2. The summed E-state index contributed by atoms with van der Waals surface area (Å²) < 4.78 is 13.2. The van der Waals surface area contributed by atoms with E-state index in [0.717, 1.165) is 0 Å². The topological polar surface area (TPSA) is 99.4 Å². The molecule has 0 fully saturated rings. The Hall–Kier alpha value is -2.74. The van der Waals surface area contributed by atoms with Crippen molar-refractivity contribution >= 4 is 28.9 Å². The zero-order valence-electron chi connectivity index (χ0n) is 9.98. The first kappa shape index (κ1) is 13.7. The first-order chi connectivity index (χ1) is 9.56. The number of anilines is 1. The van der Waals surface area contributed by atoms with E-state index < -0.39 is 5.82 Å². The van der Waals surface area contributed by atoms with Gasteiger partial charge in [-0.1, -0.05) is 23.7 Å². The Morgan fingerprint density at radius 3 is 2.75 bits per heavy atom. The highest BCUT2D eigenvalue weighted by molar-refractivity contribution is 6.35. The van der Waals surface area contributed by atoms with Gasteiger partial charge >= 0.3 is 0 Å². The zero-order valence-corrected chi connectivity index (χ0v) is 10.7. The van der Waals surface area contributed by atoms with Crippen LogP contribution in [-0.2, 0) is 0 Å². The highest BCUT2D eigenvalue weighted by Crippen LogP contribution is 2.28. The summed E-state index contributed by atoms with van der Waals surface area (Å²) in [7, 11) is 0. The number of allylic oxidation sites excluding steroid dienone is 1. The number of nitriles is 1. The van der Waals surface area contributed by atoms with Crippen LogP contribution in [0.2, 0.25) is 5.02 Å². The Balaban J connectivity index is 2.69. The van der Waals surface area contributed by atoms with Crippen LogP contribution in [0, 0.1) is 22.6 Å². The van der Waals surface area contributed by atoms with E-state index in [4.69, 9.17) is 28.0 Å². The molecule has 1 heterocycles. The fourth-order valence-corrected chi connectivity index (χ4v) is 1.71. The second-order valence-electron chi connectivity index (χ2n) is 3.72. The van der Waals surface area contributed by atoms with Crippen molar-refractivity contribution in [3.05, 3.63) is 40.8 Å². The molecular formula is C13H7ClFN5. The molecule has 0 amide bonds. The molecule has 1 aromatic carbocycles. The standard InChI is InChI=1S/C13H7ClFN5/c14-10-11(8(5-16)6-17)19-13(20-12(10)18)7-2-1-3-9(15)4-7/h1-4,16H,(H2,18,19,20). The SMILES string of the molecule is N#CC(=C=N)c1nc(-c2cccc(F)c2)nc(N)c1Cl. The number of nitrogen functional groups attached to an aromatic ring is 1. The minimum Gasteiger partial charge on any atom is -0.382 e. The molecule has 0 saturated heterocycles. The Bertz CT molecular complexity index is 775. The Labute approximate surface area is 118 Å². The first-order valence-corrected chi connectivity index (χ1v) is 5.73. The molecule has 2 rings (SSSR count). The highest BCUT2D eigenvalue weighted by Gasteiger charge is 2.15. The van der Waals surface area contributed by atoms with E-state index in [9.17, 15) is 4.39 Å². The van der Waals surface area contributed by atoms with Crippen molar-refractivity contribution in [1.82, 2.24) is 9.97 Å². The number of halogens is 2. The molecule has 0 unspecified atom stereocenters. The minimum absolute atomic E-state index is 0.00377. The van der Waals surface area contributed by atoms with Crippen LogP contribution in [0.25, 0.3) is 17.0 Å². The second kappa shape index (κ2) is 5.49. The lowest BCUT2D eigenvalue weighted by atomic mass is 10.1. The number of rotatable bonds is 2. The fraction of sp³-hybridized carbons (Fsp3) is 0. The maximum Gasteiger partial charge on any atom is 0.162 e. The molecule has 2 aromatic rings. The van der Waals surface area contributed by atoms with Crippen molar-refractivity contribution in [3.63, 3.8) is 0 Å². The predicted molar refractivity (Wildman–Crippen MR) is 73.6 cm³/mol. The lowest BCUT2D eigenvalue weighted by Gasteiger charge is -2.07. The molecule has 0 radical (unpaired) electrons. The number of benzene rings is 1. The quantitative estimate of drug-likeness (QED) is 0.655. The molecule has 98 valence electrons. The van der Waals surface area contributed by atoms with E-state index in [1.165, 1.54) is 18.2 Å². The van der Waals surface area contributed by atoms with Crippen molar-refractivity contribution in [2.24, 2.45) is 0 Å². The first-order valence-electron chi connectivity index (χ1n) is 5.36. The van der Waals surface area contributed by atoms with Crippen LogP contribution in [-0.4, -0.2) is 15.8 Å². The monoisotopic (exact) mass is 287 g/mol. The maximum absolute atomic E-state index is 13.2. The van der Waals surface area contributed by atoms with Crippen LogP contribution in [0.15, 0.2) is 24.3 Å². The van der Waals surface area contributed by atoms with Gasteiger partial charge in [0.1, 0.15) is 34.0 Å². The van der Waals surface area contributed by atoms with Crippen molar-refractivity contribution in [2.75, 3.05) is 5.73 Å². The smallest absolute Gasteiger partial charge is 0.162 e. The summed E-state index contributed by atoms with van der Waals surface area (Å²) in [5.74, 6) is 1.53. The van der Waals surface area contributed by atoms with Crippen LogP contribution in [0.5, 0.6) is 0 Å². The van der Waals surface area contributed by atoms with Gasteiger partial charge in [0.2, 0.25) is 0 Å². The minimum atomic E-state index is -0.454. The highest BCUT2D eigenvalue weighted by atomic mass is 35.5. The summed E-state index contributed by atoms with van der Waals surface area (Å²) in [6.07, 6.45) is 0. The number of nitrogens with two attached hydrogens (primary N) is 1. The average Bonchev–Trinajstić information content (AvgIpc) is 2.44. The lowest BCUT2D eigenvalue weighted by Crippen LogP contribution is -2.02. The molecule has 0 saturated carbocycles.